The molecule has 0 fully saturated rings. The summed E-state index contributed by atoms with van der Waals surface area (Å²) in [5.74, 6) is 0.930. The first kappa shape index (κ1) is 22.2. The predicted octanol–water partition coefficient (Wildman–Crippen LogP) is 5.13. The van der Waals surface area contributed by atoms with Crippen LogP contribution in [0.15, 0.2) is 72.9 Å². The number of hydrogen-bond donors (Lipinski definition) is 0. The normalized spacial score (nSPS) is 14.8. The number of benzene rings is 3. The van der Waals surface area contributed by atoms with Crippen LogP contribution < -0.4 is 4.74 Å². The van der Waals surface area contributed by atoms with Crippen molar-refractivity contribution in [1.82, 2.24) is 9.47 Å². The Morgan fingerprint density at radius 2 is 1.76 bits per heavy atom. The summed E-state index contributed by atoms with van der Waals surface area (Å²) in [5, 5.41) is 0.976. The highest BCUT2D eigenvalue weighted by atomic mass is 16.5. The molecule has 2 bridgehead atoms. The largest absolute Gasteiger partial charge is 0.491 e. The summed E-state index contributed by atoms with van der Waals surface area (Å²) in [5.41, 5.74) is 6.47. The lowest BCUT2D eigenvalue weighted by atomic mass is 10.00. The monoisotopic (exact) mass is 454 g/mol. The summed E-state index contributed by atoms with van der Waals surface area (Å²) in [4.78, 5) is 15.6. The number of rotatable bonds is 1. The van der Waals surface area contributed by atoms with Crippen LogP contribution in [0.2, 0.25) is 0 Å². The number of ether oxygens (including phenoxy) is 2. The zero-order valence-electron chi connectivity index (χ0n) is 19.8. The molecule has 1 aromatic heterocycles. The molecule has 5 rings (SSSR count). The Morgan fingerprint density at radius 3 is 2.68 bits per heavy atom. The molecule has 0 saturated carbocycles. The van der Waals surface area contributed by atoms with E-state index in [0.717, 1.165) is 39.8 Å². The van der Waals surface area contributed by atoms with Crippen molar-refractivity contribution in [2.45, 2.75) is 19.9 Å². The topological polar surface area (TPSA) is 43.7 Å². The van der Waals surface area contributed by atoms with Crippen LogP contribution in [0.4, 0.5) is 0 Å². The van der Waals surface area contributed by atoms with Gasteiger partial charge < -0.3 is 18.9 Å². The Bertz CT molecular complexity index is 1320. The van der Waals surface area contributed by atoms with Crippen LogP contribution >= 0.6 is 0 Å². The van der Waals surface area contributed by atoms with E-state index in [1.807, 2.05) is 53.0 Å². The Balaban J connectivity index is 1.47. The van der Waals surface area contributed by atoms with E-state index in [2.05, 4.69) is 43.3 Å². The van der Waals surface area contributed by atoms with Crippen molar-refractivity contribution >= 4 is 16.8 Å². The molecule has 0 N–H and O–H groups in total. The number of carbonyl (C=O) groups is 1. The van der Waals surface area contributed by atoms with Crippen LogP contribution in [-0.4, -0.2) is 41.7 Å². The molecule has 2 heterocycles. The van der Waals surface area contributed by atoms with Crippen molar-refractivity contribution in [1.29, 1.82) is 0 Å². The smallest absolute Gasteiger partial charge is 0.256 e. The van der Waals surface area contributed by atoms with E-state index in [1.54, 1.807) is 0 Å². The maximum atomic E-state index is 13.7. The van der Waals surface area contributed by atoms with Gasteiger partial charge in [-0.25, -0.2) is 0 Å². The van der Waals surface area contributed by atoms with Crippen LogP contribution in [-0.2, 0) is 24.8 Å². The maximum absolute atomic E-state index is 13.7. The second-order valence-corrected chi connectivity index (χ2v) is 8.97. The number of amides is 1. The van der Waals surface area contributed by atoms with Gasteiger partial charge in [-0.05, 0) is 35.7 Å². The van der Waals surface area contributed by atoms with Gasteiger partial charge in [0.1, 0.15) is 12.4 Å². The van der Waals surface area contributed by atoms with Crippen molar-refractivity contribution in [2.75, 3.05) is 26.4 Å². The molecule has 1 amide bonds. The minimum absolute atomic E-state index is 0.0233. The number of aromatic nitrogens is 1. The fourth-order valence-electron chi connectivity index (χ4n) is 4.69. The zero-order chi connectivity index (χ0) is 23.5. The molecule has 0 saturated heterocycles. The minimum Gasteiger partial charge on any atom is -0.491 e. The molecule has 0 atom stereocenters. The fraction of sp³-hybridized carbons (Fsp3) is 0.276. The summed E-state index contributed by atoms with van der Waals surface area (Å²) < 4.78 is 13.9. The average molecular weight is 455 g/mol. The highest BCUT2D eigenvalue weighted by Crippen LogP contribution is 2.25. The molecule has 4 aromatic rings. The quantitative estimate of drug-likeness (QED) is 0.401. The van der Waals surface area contributed by atoms with Crippen molar-refractivity contribution in [3.63, 3.8) is 0 Å². The number of fused-ring (bicyclic) bond motifs is 4. The van der Waals surface area contributed by atoms with Gasteiger partial charge in [0, 0.05) is 43.7 Å². The third kappa shape index (κ3) is 4.70. The van der Waals surface area contributed by atoms with E-state index in [0.29, 0.717) is 32.9 Å². The minimum atomic E-state index is 0.0233. The Morgan fingerprint density at radius 1 is 0.912 bits per heavy atom. The van der Waals surface area contributed by atoms with Gasteiger partial charge in [-0.1, -0.05) is 60.2 Å². The molecule has 3 aromatic carbocycles. The number of hydrogen-bond acceptors (Lipinski definition) is 3. The first-order valence-electron chi connectivity index (χ1n) is 11.8. The van der Waals surface area contributed by atoms with Crippen molar-refractivity contribution in [3.8, 4) is 5.75 Å². The molecule has 5 nitrogen and oxygen atoms in total. The second kappa shape index (κ2) is 9.74. The molecule has 34 heavy (non-hydrogen) atoms. The van der Waals surface area contributed by atoms with Crippen LogP contribution in [0.1, 0.15) is 32.6 Å². The van der Waals surface area contributed by atoms with Crippen molar-refractivity contribution in [2.24, 2.45) is 7.05 Å². The van der Waals surface area contributed by atoms with Crippen molar-refractivity contribution < 1.29 is 14.3 Å². The van der Waals surface area contributed by atoms with E-state index >= 15 is 0 Å². The zero-order valence-corrected chi connectivity index (χ0v) is 19.8. The molecule has 0 radical (unpaired) electrons. The summed E-state index contributed by atoms with van der Waals surface area (Å²) in [7, 11) is 1.98. The standard InChI is InChI=1S/C29H30N2O3/c1-21-10-11-28-24(16-21)18-22-6-5-7-23(17-22)19-31(12-13-33-14-15-34-28)29(32)26-20-30(2)27-9-4-3-8-25(26)27/h3-11,16-17,20H,12-15,18-19H2,1-2H3. The molecular weight excluding hydrogens is 424 g/mol. The Labute approximate surface area is 200 Å². The van der Waals surface area contributed by atoms with Gasteiger partial charge in [-0.3, -0.25) is 4.79 Å². The molecule has 0 unspecified atom stereocenters. The summed E-state index contributed by atoms with van der Waals surface area (Å²) in [6.45, 7) is 4.57. The molecule has 1 aliphatic heterocycles. The average Bonchev–Trinajstić information content (AvgIpc) is 3.17. The third-order valence-corrected chi connectivity index (χ3v) is 6.38. The summed E-state index contributed by atoms with van der Waals surface area (Å²) in [6.07, 6.45) is 2.71. The highest BCUT2D eigenvalue weighted by Gasteiger charge is 2.21. The lowest BCUT2D eigenvalue weighted by molar-refractivity contribution is 0.0572. The van der Waals surface area contributed by atoms with E-state index in [1.165, 1.54) is 11.1 Å². The second-order valence-electron chi connectivity index (χ2n) is 8.97. The molecule has 5 heteroatoms. The van der Waals surface area contributed by atoms with E-state index in [9.17, 15) is 4.79 Å². The Kier molecular flexibility index (Phi) is 6.37. The molecule has 0 spiro atoms. The van der Waals surface area contributed by atoms with Crippen LogP contribution in [0.3, 0.4) is 0 Å². The number of para-hydroxylation sites is 1. The predicted molar refractivity (Wildman–Crippen MR) is 134 cm³/mol. The summed E-state index contributed by atoms with van der Waals surface area (Å²) >= 11 is 0. The first-order chi connectivity index (χ1) is 16.6. The van der Waals surface area contributed by atoms with E-state index < -0.39 is 0 Å². The van der Waals surface area contributed by atoms with E-state index in [4.69, 9.17) is 9.47 Å². The fourth-order valence-corrected chi connectivity index (χ4v) is 4.69. The van der Waals surface area contributed by atoms with Crippen LogP contribution in [0, 0.1) is 6.92 Å². The SMILES string of the molecule is Cc1ccc2c(c1)Cc1cccc(c1)CN(C(=O)c1cn(C)c3ccccc13)CCOCCO2. The summed E-state index contributed by atoms with van der Waals surface area (Å²) in [6, 6.07) is 22.8. The van der Waals surface area contributed by atoms with Gasteiger partial charge in [0.15, 0.2) is 0 Å². The van der Waals surface area contributed by atoms with Gasteiger partial charge in [0.05, 0.1) is 18.8 Å². The van der Waals surface area contributed by atoms with E-state index in [-0.39, 0.29) is 5.91 Å². The number of carbonyl (C=O) groups excluding carboxylic acids is 1. The number of nitrogens with zero attached hydrogens (tertiary/aromatic N) is 2. The third-order valence-electron chi connectivity index (χ3n) is 6.38. The van der Waals surface area contributed by atoms with Gasteiger partial charge >= 0.3 is 0 Å². The van der Waals surface area contributed by atoms with Crippen molar-refractivity contribution in [3.05, 3.63) is 101 Å². The van der Waals surface area contributed by atoms with Crippen LogP contribution in [0.25, 0.3) is 10.9 Å². The molecule has 0 aliphatic carbocycles. The van der Waals surface area contributed by atoms with Gasteiger partial charge in [-0.15, -0.1) is 0 Å². The number of aryl methyl sites for hydroxylation is 2. The van der Waals surface area contributed by atoms with Crippen LogP contribution in [0.5, 0.6) is 5.75 Å². The Hall–Kier alpha value is -3.57. The molecule has 1 aliphatic rings. The first-order valence-corrected chi connectivity index (χ1v) is 11.8. The van der Waals surface area contributed by atoms with Gasteiger partial charge in [0.25, 0.3) is 5.91 Å². The lowest BCUT2D eigenvalue weighted by Gasteiger charge is -2.23. The molecular formula is C29H30N2O3. The lowest BCUT2D eigenvalue weighted by Crippen LogP contribution is -2.34. The maximum Gasteiger partial charge on any atom is 0.256 e. The highest BCUT2D eigenvalue weighted by molar-refractivity contribution is 6.07. The van der Waals surface area contributed by atoms with Gasteiger partial charge in [0.2, 0.25) is 0 Å². The van der Waals surface area contributed by atoms with Gasteiger partial charge in [-0.2, -0.15) is 0 Å². The molecule has 174 valence electrons.